The van der Waals surface area contributed by atoms with E-state index in [1.165, 1.54) is 0 Å². The fraction of sp³-hybridized carbons (Fsp3) is 0.406. The summed E-state index contributed by atoms with van der Waals surface area (Å²) in [6, 6.07) is 11.8. The smallest absolute Gasteiger partial charge is 0.475 e. The summed E-state index contributed by atoms with van der Waals surface area (Å²) >= 11 is 6.00. The minimum Gasteiger partial charge on any atom is -0.475 e. The van der Waals surface area contributed by atoms with Crippen molar-refractivity contribution in [3.8, 4) is 0 Å². The van der Waals surface area contributed by atoms with Gasteiger partial charge in [0.05, 0.1) is 12.1 Å². The van der Waals surface area contributed by atoms with Crippen LogP contribution in [0.5, 0.6) is 0 Å². The maximum Gasteiger partial charge on any atom is 0.490 e. The number of carboxylic acid groups (broad SMARTS) is 2. The molecule has 3 aromatic rings. The summed E-state index contributed by atoms with van der Waals surface area (Å²) in [7, 11) is 0. The van der Waals surface area contributed by atoms with Gasteiger partial charge in [-0.25, -0.2) is 24.4 Å². The molecular weight excluding hydrogens is 744 g/mol. The normalized spacial score (nSPS) is 16.0. The molecule has 290 valence electrons. The Morgan fingerprint density at radius 2 is 1.51 bits per heavy atom. The topological polar surface area (TPSA) is 230 Å². The first-order chi connectivity index (χ1) is 24.6. The van der Waals surface area contributed by atoms with Crippen LogP contribution >= 0.6 is 11.6 Å². The summed E-state index contributed by atoms with van der Waals surface area (Å²) in [5.41, 5.74) is 8.07. The van der Waals surface area contributed by atoms with E-state index in [1.54, 1.807) is 31.2 Å². The van der Waals surface area contributed by atoms with E-state index < -0.39 is 42.2 Å². The van der Waals surface area contributed by atoms with Gasteiger partial charge in [0.25, 0.3) is 5.91 Å². The summed E-state index contributed by atoms with van der Waals surface area (Å²) in [5.74, 6) is -6.28. The van der Waals surface area contributed by atoms with E-state index in [2.05, 4.69) is 25.9 Å². The number of nitrogens with zero attached hydrogens (tertiary/aromatic N) is 2. The molecular formula is C32H36ClF6N7O7. The van der Waals surface area contributed by atoms with Gasteiger partial charge in [0, 0.05) is 28.9 Å². The van der Waals surface area contributed by atoms with Crippen molar-refractivity contribution in [1.29, 1.82) is 5.41 Å². The molecule has 4 rings (SSSR count). The van der Waals surface area contributed by atoms with E-state index in [0.29, 0.717) is 16.4 Å². The second-order valence-corrected chi connectivity index (χ2v) is 11.8. The van der Waals surface area contributed by atoms with Crippen LogP contribution < -0.4 is 21.7 Å². The Morgan fingerprint density at radius 3 is 2.02 bits per heavy atom. The van der Waals surface area contributed by atoms with Gasteiger partial charge < -0.3 is 36.6 Å². The van der Waals surface area contributed by atoms with Crippen molar-refractivity contribution >= 4 is 58.1 Å². The monoisotopic (exact) mass is 779 g/mol. The number of esters is 1. The zero-order valence-corrected chi connectivity index (χ0v) is 28.8. The Morgan fingerprint density at radius 1 is 0.962 bits per heavy atom. The van der Waals surface area contributed by atoms with Gasteiger partial charge in [-0.05, 0) is 56.5 Å². The Bertz CT molecular complexity index is 1740. The fourth-order valence-corrected chi connectivity index (χ4v) is 4.95. The van der Waals surface area contributed by atoms with Crippen LogP contribution in [0.15, 0.2) is 42.5 Å². The van der Waals surface area contributed by atoms with Crippen molar-refractivity contribution < 1.29 is 60.5 Å². The number of carboxylic acids is 2. The van der Waals surface area contributed by atoms with Crippen LogP contribution in [0.3, 0.4) is 0 Å². The third-order valence-corrected chi connectivity index (χ3v) is 7.45. The van der Waals surface area contributed by atoms with E-state index in [1.807, 2.05) is 25.1 Å². The summed E-state index contributed by atoms with van der Waals surface area (Å²) in [6.07, 6.45) is -6.17. The van der Waals surface area contributed by atoms with E-state index >= 15 is 0 Å². The summed E-state index contributed by atoms with van der Waals surface area (Å²) < 4.78 is 68.7. The molecule has 1 fully saturated rings. The lowest BCUT2D eigenvalue weighted by Crippen LogP contribution is -2.50. The van der Waals surface area contributed by atoms with Gasteiger partial charge >= 0.3 is 30.3 Å². The molecule has 2 unspecified atom stereocenters. The number of guanidine groups is 1. The first kappa shape index (κ1) is 43.8. The van der Waals surface area contributed by atoms with Crippen LogP contribution in [0.2, 0.25) is 5.02 Å². The Kier molecular flexibility index (Phi) is 16.1. The third kappa shape index (κ3) is 14.6. The Labute approximate surface area is 303 Å². The SMILES string of the molecule is CCOC(=O)[C@H](Cc1ccc(Cl)cc1)NC(=O)c1nc(NC2CCCCC2NC(=N)N)c2cc(C)ccc2n1.O=C(O)C(F)(F)F.O=C(O)C(F)(F)F. The predicted octanol–water partition coefficient (Wildman–Crippen LogP) is 4.97. The van der Waals surface area contributed by atoms with Crippen molar-refractivity contribution in [3.63, 3.8) is 0 Å². The third-order valence-electron chi connectivity index (χ3n) is 7.20. The molecule has 14 nitrogen and oxygen atoms in total. The van der Waals surface area contributed by atoms with Gasteiger partial charge in [-0.1, -0.05) is 48.2 Å². The minimum absolute atomic E-state index is 0.0454. The van der Waals surface area contributed by atoms with Gasteiger partial charge in [-0.15, -0.1) is 0 Å². The highest BCUT2D eigenvalue weighted by atomic mass is 35.5. The lowest BCUT2D eigenvalue weighted by molar-refractivity contribution is -0.193. The number of nitrogens with two attached hydrogens (primary N) is 1. The average Bonchev–Trinajstić information content (AvgIpc) is 3.06. The summed E-state index contributed by atoms with van der Waals surface area (Å²) in [5, 5.41) is 32.6. The molecule has 53 heavy (non-hydrogen) atoms. The molecule has 1 saturated carbocycles. The molecule has 0 aliphatic heterocycles. The number of aliphatic carboxylic acids is 2. The van der Waals surface area contributed by atoms with Crippen molar-refractivity contribution in [2.45, 2.75) is 76.4 Å². The molecule has 0 bridgehead atoms. The molecule has 1 amide bonds. The number of carbonyl (C=O) groups excluding carboxylic acids is 2. The van der Waals surface area contributed by atoms with E-state index in [9.17, 15) is 35.9 Å². The molecule has 3 atom stereocenters. The first-order valence-electron chi connectivity index (χ1n) is 15.6. The first-order valence-corrected chi connectivity index (χ1v) is 16.0. The van der Waals surface area contributed by atoms with Crippen LogP contribution in [0, 0.1) is 12.3 Å². The minimum atomic E-state index is -5.08. The van der Waals surface area contributed by atoms with Gasteiger partial charge in [0.2, 0.25) is 5.82 Å². The number of nitrogens with one attached hydrogen (secondary N) is 4. The van der Waals surface area contributed by atoms with Crippen molar-refractivity contribution in [3.05, 3.63) is 64.4 Å². The standard InChI is InChI=1S/C28H34ClN7O3.2C2HF3O2/c1-3-39-27(38)23(15-17-9-11-18(29)12-10-17)34-26(37)25-32-20-13-8-16(2)14-19(20)24(36-25)33-21-6-4-5-7-22(21)35-28(30)31;2*3-2(4,5)1(6)7/h8-14,21-23H,3-7,15H2,1-2H3,(H,34,37)(H4,30,31,35)(H,32,33,36);2*(H,6,7)/t21?,22?,23-;;/m0../s1. The maximum absolute atomic E-state index is 13.4. The van der Waals surface area contributed by atoms with Crippen LogP contribution in [0.1, 0.15) is 54.4 Å². The number of alkyl halides is 6. The van der Waals surface area contributed by atoms with Gasteiger partial charge in [0.15, 0.2) is 5.96 Å². The number of amides is 1. The molecule has 1 aliphatic carbocycles. The molecule has 0 saturated heterocycles. The van der Waals surface area contributed by atoms with Crippen molar-refractivity contribution in [2.24, 2.45) is 5.73 Å². The van der Waals surface area contributed by atoms with Gasteiger partial charge in [-0.2, -0.15) is 26.3 Å². The summed E-state index contributed by atoms with van der Waals surface area (Å²) in [6.45, 7) is 3.87. The molecule has 21 heteroatoms. The number of ether oxygens (including phenoxy) is 1. The average molecular weight is 780 g/mol. The van der Waals surface area contributed by atoms with E-state index in [4.69, 9.17) is 47.3 Å². The quantitative estimate of drug-likeness (QED) is 0.0661. The largest absolute Gasteiger partial charge is 0.490 e. The molecule has 1 aliphatic rings. The number of anilines is 1. The molecule has 1 heterocycles. The molecule has 2 aromatic carbocycles. The second-order valence-electron chi connectivity index (χ2n) is 11.3. The number of aryl methyl sites for hydroxylation is 1. The number of halogens is 7. The Hall–Kier alpha value is -5.40. The number of benzene rings is 2. The number of hydrogen-bond donors (Lipinski definition) is 7. The van der Waals surface area contributed by atoms with Crippen LogP contribution in [0.25, 0.3) is 10.9 Å². The number of carbonyl (C=O) groups is 4. The number of hydrogen-bond acceptors (Lipinski definition) is 9. The predicted molar refractivity (Wildman–Crippen MR) is 179 cm³/mol. The number of rotatable bonds is 9. The zero-order chi connectivity index (χ0) is 40.1. The molecule has 0 spiro atoms. The highest BCUT2D eigenvalue weighted by Gasteiger charge is 2.39. The van der Waals surface area contributed by atoms with Crippen LogP contribution in [-0.4, -0.2) is 87.0 Å². The lowest BCUT2D eigenvalue weighted by atomic mass is 9.90. The zero-order valence-electron chi connectivity index (χ0n) is 28.1. The van der Waals surface area contributed by atoms with Crippen LogP contribution in [-0.2, 0) is 25.5 Å². The van der Waals surface area contributed by atoms with Crippen molar-refractivity contribution in [1.82, 2.24) is 20.6 Å². The molecule has 0 radical (unpaired) electrons. The summed E-state index contributed by atoms with van der Waals surface area (Å²) in [4.78, 5) is 53.1. The van der Waals surface area contributed by atoms with Gasteiger partial charge in [-0.3, -0.25) is 10.2 Å². The van der Waals surface area contributed by atoms with Crippen LogP contribution in [0.4, 0.5) is 32.2 Å². The highest BCUT2D eigenvalue weighted by Crippen LogP contribution is 2.27. The second kappa shape index (κ2) is 19.4. The van der Waals surface area contributed by atoms with Crippen molar-refractivity contribution in [2.75, 3.05) is 11.9 Å². The van der Waals surface area contributed by atoms with E-state index in [-0.39, 0.29) is 36.9 Å². The highest BCUT2D eigenvalue weighted by molar-refractivity contribution is 6.30. The Balaban J connectivity index is 0.000000587. The number of aromatic nitrogens is 2. The fourth-order valence-electron chi connectivity index (χ4n) is 4.82. The molecule has 1 aromatic heterocycles. The van der Waals surface area contributed by atoms with E-state index in [0.717, 1.165) is 42.2 Å². The lowest BCUT2D eigenvalue weighted by Gasteiger charge is -2.33. The maximum atomic E-state index is 13.4. The van der Waals surface area contributed by atoms with Gasteiger partial charge in [0.1, 0.15) is 11.9 Å². The number of fused-ring (bicyclic) bond motifs is 1. The molecule has 8 N–H and O–H groups in total.